The highest BCUT2D eigenvalue weighted by atomic mass is 32.2. The maximum absolute atomic E-state index is 12.5. The molecule has 7 heteroatoms. The highest BCUT2D eigenvalue weighted by Crippen LogP contribution is 2.34. The van der Waals surface area contributed by atoms with Crippen LogP contribution in [0.5, 0.6) is 0 Å². The zero-order chi connectivity index (χ0) is 14.8. The van der Waals surface area contributed by atoms with Crippen LogP contribution in [-0.4, -0.2) is 33.3 Å². The molecule has 1 heterocycles. The molecular formula is C13H17NO4S2. The number of rotatable bonds is 6. The summed E-state index contributed by atoms with van der Waals surface area (Å²) in [6.07, 6.45) is 0. The third-order valence-electron chi connectivity index (χ3n) is 2.80. The van der Waals surface area contributed by atoms with Gasteiger partial charge in [0.2, 0.25) is 10.0 Å². The zero-order valence-corrected chi connectivity index (χ0v) is 12.9. The fraction of sp³-hybridized carbons (Fsp3) is 0.385. The van der Waals surface area contributed by atoms with Gasteiger partial charge in [0.1, 0.15) is 4.90 Å². The van der Waals surface area contributed by atoms with E-state index < -0.39 is 10.0 Å². The first-order valence-electron chi connectivity index (χ1n) is 6.12. The van der Waals surface area contributed by atoms with E-state index in [0.29, 0.717) is 10.3 Å². The molecule has 0 aliphatic rings. The van der Waals surface area contributed by atoms with Crippen molar-refractivity contribution in [2.45, 2.75) is 24.5 Å². The monoisotopic (exact) mass is 315 g/mol. The molecule has 0 bridgehead atoms. The fourth-order valence-corrected chi connectivity index (χ4v) is 5.10. The lowest BCUT2D eigenvalue weighted by molar-refractivity contribution is 0.180. The van der Waals surface area contributed by atoms with Crippen molar-refractivity contribution in [3.8, 4) is 0 Å². The van der Waals surface area contributed by atoms with Gasteiger partial charge < -0.3 is 9.84 Å². The fourth-order valence-electron chi connectivity index (χ4n) is 2.08. The average molecular weight is 315 g/mol. The predicted molar refractivity (Wildman–Crippen MR) is 79.4 cm³/mol. The normalized spacial score (nSPS) is 13.8. The SMILES string of the molecule is COCC(C)NS(=O)(=O)c1c(CO)sc2ccccc12. The maximum Gasteiger partial charge on any atom is 0.242 e. The molecule has 0 aliphatic carbocycles. The number of ether oxygens (including phenoxy) is 1. The zero-order valence-electron chi connectivity index (χ0n) is 11.3. The standard InChI is InChI=1S/C13H17NO4S2/c1-9(8-18-2)14-20(16,17)13-10-5-3-4-6-11(10)19-12(13)7-15/h3-6,9,14-15H,7-8H2,1-2H3. The number of hydrogen-bond donors (Lipinski definition) is 2. The first-order chi connectivity index (χ1) is 9.49. The second kappa shape index (κ2) is 6.19. The van der Waals surface area contributed by atoms with Crippen molar-refractivity contribution in [3.05, 3.63) is 29.1 Å². The Morgan fingerprint density at radius 1 is 1.40 bits per heavy atom. The average Bonchev–Trinajstić information content (AvgIpc) is 2.77. The summed E-state index contributed by atoms with van der Waals surface area (Å²) in [6.45, 7) is 1.72. The van der Waals surface area contributed by atoms with Crippen molar-refractivity contribution < 1.29 is 18.3 Å². The number of sulfonamides is 1. The highest BCUT2D eigenvalue weighted by Gasteiger charge is 2.25. The number of hydrogen-bond acceptors (Lipinski definition) is 5. The first kappa shape index (κ1) is 15.4. The quantitative estimate of drug-likeness (QED) is 0.851. The molecule has 2 rings (SSSR count). The van der Waals surface area contributed by atoms with Gasteiger partial charge in [0.05, 0.1) is 18.1 Å². The molecule has 0 amide bonds. The molecule has 2 aromatic rings. The van der Waals surface area contributed by atoms with Crippen molar-refractivity contribution in [1.29, 1.82) is 0 Å². The van der Waals surface area contributed by atoms with E-state index in [1.165, 1.54) is 18.4 Å². The predicted octanol–water partition coefficient (Wildman–Crippen LogP) is 1.71. The second-order valence-corrected chi connectivity index (χ2v) is 7.27. The van der Waals surface area contributed by atoms with Crippen LogP contribution in [0.4, 0.5) is 0 Å². The lowest BCUT2D eigenvalue weighted by Gasteiger charge is -2.13. The van der Waals surface area contributed by atoms with E-state index in [1.54, 1.807) is 19.1 Å². The Labute approximate surface area is 122 Å². The number of fused-ring (bicyclic) bond motifs is 1. The van der Waals surface area contributed by atoms with Crippen LogP contribution in [0, 0.1) is 0 Å². The van der Waals surface area contributed by atoms with Crippen LogP contribution in [0.25, 0.3) is 10.1 Å². The summed E-state index contributed by atoms with van der Waals surface area (Å²) >= 11 is 1.29. The van der Waals surface area contributed by atoms with Gasteiger partial charge in [0.15, 0.2) is 0 Å². The van der Waals surface area contributed by atoms with Gasteiger partial charge in [-0.3, -0.25) is 0 Å². The molecule has 2 N–H and O–H groups in total. The molecule has 0 fully saturated rings. The van der Waals surface area contributed by atoms with E-state index in [9.17, 15) is 13.5 Å². The van der Waals surface area contributed by atoms with Crippen molar-refractivity contribution in [2.75, 3.05) is 13.7 Å². The third kappa shape index (κ3) is 3.02. The highest BCUT2D eigenvalue weighted by molar-refractivity contribution is 7.90. The Kier molecular flexibility index (Phi) is 4.77. The minimum atomic E-state index is -3.69. The van der Waals surface area contributed by atoms with E-state index in [-0.39, 0.29) is 24.2 Å². The van der Waals surface area contributed by atoms with Gasteiger partial charge in [0.25, 0.3) is 0 Å². The molecule has 1 atom stereocenters. The topological polar surface area (TPSA) is 75.6 Å². The van der Waals surface area contributed by atoms with Crippen LogP contribution < -0.4 is 4.72 Å². The molecule has 0 saturated heterocycles. The van der Waals surface area contributed by atoms with Crippen molar-refractivity contribution in [2.24, 2.45) is 0 Å². The number of methoxy groups -OCH3 is 1. The molecule has 0 radical (unpaired) electrons. The van der Waals surface area contributed by atoms with E-state index in [2.05, 4.69) is 4.72 Å². The maximum atomic E-state index is 12.5. The van der Waals surface area contributed by atoms with Crippen LogP contribution in [0.2, 0.25) is 0 Å². The second-order valence-electron chi connectivity index (χ2n) is 4.49. The summed E-state index contributed by atoms with van der Waals surface area (Å²) in [5.74, 6) is 0. The van der Waals surface area contributed by atoms with Gasteiger partial charge >= 0.3 is 0 Å². The van der Waals surface area contributed by atoms with Crippen LogP contribution in [0.3, 0.4) is 0 Å². The Morgan fingerprint density at radius 3 is 2.75 bits per heavy atom. The summed E-state index contributed by atoms with van der Waals surface area (Å²) in [7, 11) is -2.17. The van der Waals surface area contributed by atoms with E-state index in [1.807, 2.05) is 12.1 Å². The number of aliphatic hydroxyl groups excluding tert-OH is 1. The van der Waals surface area contributed by atoms with Crippen LogP contribution >= 0.6 is 11.3 Å². The molecule has 0 spiro atoms. The Bertz CT molecular complexity index is 693. The smallest absolute Gasteiger partial charge is 0.242 e. The lowest BCUT2D eigenvalue weighted by Crippen LogP contribution is -2.35. The minimum absolute atomic E-state index is 0.170. The van der Waals surface area contributed by atoms with E-state index in [0.717, 1.165) is 4.70 Å². The summed E-state index contributed by atoms with van der Waals surface area (Å²) in [6, 6.07) is 6.89. The van der Waals surface area contributed by atoms with Crippen LogP contribution in [0.1, 0.15) is 11.8 Å². The Balaban J connectivity index is 2.50. The molecule has 20 heavy (non-hydrogen) atoms. The van der Waals surface area contributed by atoms with Gasteiger partial charge in [-0.25, -0.2) is 13.1 Å². The molecular weight excluding hydrogens is 298 g/mol. The van der Waals surface area contributed by atoms with Crippen LogP contribution in [-0.2, 0) is 21.4 Å². The number of benzene rings is 1. The molecule has 5 nitrogen and oxygen atoms in total. The first-order valence-corrected chi connectivity index (χ1v) is 8.42. The third-order valence-corrected chi connectivity index (χ3v) is 5.80. The number of nitrogens with one attached hydrogen (secondary N) is 1. The van der Waals surface area contributed by atoms with Gasteiger partial charge in [-0.1, -0.05) is 18.2 Å². The molecule has 0 aliphatic heterocycles. The lowest BCUT2D eigenvalue weighted by atomic mass is 10.2. The van der Waals surface area contributed by atoms with Gasteiger partial charge in [0, 0.05) is 23.2 Å². The van der Waals surface area contributed by atoms with Crippen LogP contribution in [0.15, 0.2) is 29.2 Å². The van der Waals surface area contributed by atoms with Gasteiger partial charge in [-0.05, 0) is 13.0 Å². The Morgan fingerprint density at radius 2 is 2.10 bits per heavy atom. The number of thiophene rings is 1. The number of aliphatic hydroxyl groups is 1. The molecule has 1 aromatic carbocycles. The summed E-state index contributed by atoms with van der Waals surface area (Å²) in [5, 5.41) is 10.1. The summed E-state index contributed by atoms with van der Waals surface area (Å²) < 4.78 is 33.4. The summed E-state index contributed by atoms with van der Waals surface area (Å²) in [4.78, 5) is 0.617. The molecule has 110 valence electrons. The minimum Gasteiger partial charge on any atom is -0.391 e. The molecule has 0 saturated carbocycles. The summed E-state index contributed by atoms with van der Waals surface area (Å²) in [5.41, 5.74) is 0. The van der Waals surface area contributed by atoms with E-state index in [4.69, 9.17) is 4.74 Å². The van der Waals surface area contributed by atoms with Crippen molar-refractivity contribution in [3.63, 3.8) is 0 Å². The Hall–Kier alpha value is -0.990. The molecule has 1 unspecified atom stereocenters. The van der Waals surface area contributed by atoms with Crippen molar-refractivity contribution in [1.82, 2.24) is 4.72 Å². The van der Waals surface area contributed by atoms with Crippen molar-refractivity contribution >= 4 is 31.4 Å². The van der Waals surface area contributed by atoms with Gasteiger partial charge in [-0.15, -0.1) is 11.3 Å². The van der Waals surface area contributed by atoms with Gasteiger partial charge in [-0.2, -0.15) is 0 Å². The molecule has 1 aromatic heterocycles. The van der Waals surface area contributed by atoms with E-state index >= 15 is 0 Å². The largest absolute Gasteiger partial charge is 0.391 e.